The molecule has 162 valence electrons. The fraction of sp³-hybridized carbons (Fsp3) is 0.200. The van der Waals surface area contributed by atoms with Crippen LogP contribution in [0.25, 0.3) is 6.08 Å². The molecule has 5 rings (SSSR count). The van der Waals surface area contributed by atoms with Gasteiger partial charge in [0.2, 0.25) is 0 Å². The topological polar surface area (TPSA) is 58.0 Å². The molecule has 1 N–H and O–H groups in total. The van der Waals surface area contributed by atoms with Crippen molar-refractivity contribution < 1.29 is 9.84 Å². The molecule has 0 aliphatic carbocycles. The number of aliphatic hydroxyl groups is 1. The summed E-state index contributed by atoms with van der Waals surface area (Å²) in [4.78, 5) is 11.1. The van der Waals surface area contributed by atoms with Crippen LogP contribution >= 0.6 is 23.4 Å². The van der Waals surface area contributed by atoms with Crippen LogP contribution in [-0.2, 0) is 6.54 Å². The molecule has 3 heterocycles. The number of fused-ring (bicyclic) bond motifs is 2. The molecule has 2 unspecified atom stereocenters. The van der Waals surface area contributed by atoms with E-state index in [1.165, 1.54) is 0 Å². The molecule has 0 amide bonds. The quantitative estimate of drug-likeness (QED) is 0.531. The third kappa shape index (κ3) is 4.67. The number of hydrogen-bond acceptors (Lipinski definition) is 6. The number of hydrogen-bond donors (Lipinski definition) is 1. The molecule has 0 bridgehead atoms. The average molecular weight is 464 g/mol. The molecular formula is C25H22ClN3O2S. The molecule has 0 radical (unpaired) electrons. The van der Waals surface area contributed by atoms with Crippen LogP contribution in [0.15, 0.2) is 78.1 Å². The Labute approximate surface area is 196 Å². The molecule has 32 heavy (non-hydrogen) atoms. The second-order valence-corrected chi connectivity index (χ2v) is 9.15. The Kier molecular flexibility index (Phi) is 6.17. The van der Waals surface area contributed by atoms with Crippen LogP contribution in [0.1, 0.15) is 17.5 Å². The first-order valence-electron chi connectivity index (χ1n) is 10.5. The van der Waals surface area contributed by atoms with Gasteiger partial charge in [0.1, 0.15) is 5.75 Å². The fourth-order valence-electron chi connectivity index (χ4n) is 3.79. The maximum atomic E-state index is 10.5. The molecule has 2 aromatic carbocycles. The van der Waals surface area contributed by atoms with Crippen LogP contribution in [0.3, 0.4) is 0 Å². The maximum absolute atomic E-state index is 10.5. The number of anilines is 1. The standard InChI is InChI=1S/C25H22ClN3O2S/c26-19-6-8-24-22(13-19)29(15-18-3-1-2-4-23(18)31-24)25-28-20(16-32-25)14-21(30)7-5-17-9-11-27-12-10-17/h1-13,20-21,30H,14-16H2/b7-5-. The Morgan fingerprint density at radius 2 is 2.00 bits per heavy atom. The van der Waals surface area contributed by atoms with Gasteiger partial charge in [-0.1, -0.05) is 53.7 Å². The molecule has 7 heteroatoms. The fourth-order valence-corrected chi connectivity index (χ4v) is 5.05. The van der Waals surface area contributed by atoms with E-state index >= 15 is 0 Å². The number of nitrogens with zero attached hydrogens (tertiary/aromatic N) is 3. The number of aromatic nitrogens is 1. The van der Waals surface area contributed by atoms with Crippen molar-refractivity contribution in [3.05, 3.63) is 89.2 Å². The normalized spacial score (nSPS) is 18.5. The highest BCUT2D eigenvalue weighted by atomic mass is 35.5. The zero-order valence-electron chi connectivity index (χ0n) is 17.3. The molecule has 1 aromatic heterocycles. The first kappa shape index (κ1) is 21.1. The molecule has 2 atom stereocenters. The van der Waals surface area contributed by atoms with Crippen LogP contribution in [0.4, 0.5) is 5.69 Å². The van der Waals surface area contributed by atoms with E-state index in [1.54, 1.807) is 24.2 Å². The van der Waals surface area contributed by atoms with Crippen molar-refractivity contribution in [3.63, 3.8) is 0 Å². The Balaban J connectivity index is 1.36. The van der Waals surface area contributed by atoms with Gasteiger partial charge in [0.05, 0.1) is 24.4 Å². The van der Waals surface area contributed by atoms with Gasteiger partial charge in [0.25, 0.3) is 0 Å². The Morgan fingerprint density at radius 1 is 1.16 bits per heavy atom. The minimum atomic E-state index is -0.563. The van der Waals surface area contributed by atoms with E-state index in [4.69, 9.17) is 21.3 Å². The van der Waals surface area contributed by atoms with Crippen LogP contribution in [0.2, 0.25) is 5.02 Å². The van der Waals surface area contributed by atoms with E-state index < -0.39 is 6.10 Å². The first-order chi connectivity index (χ1) is 15.7. The lowest BCUT2D eigenvalue weighted by Crippen LogP contribution is -2.26. The number of ether oxygens (including phenoxy) is 1. The van der Waals surface area contributed by atoms with Crippen LogP contribution in [0, 0.1) is 0 Å². The SMILES string of the molecule is OC(/C=C\c1ccncc1)CC1CSC(N2Cc3ccccc3Oc3ccc(Cl)cc32)=N1. The van der Waals surface area contributed by atoms with Crippen LogP contribution < -0.4 is 9.64 Å². The lowest BCUT2D eigenvalue weighted by Gasteiger charge is -2.23. The van der Waals surface area contributed by atoms with Crippen molar-refractivity contribution in [2.75, 3.05) is 10.7 Å². The largest absolute Gasteiger partial charge is 0.455 e. The van der Waals surface area contributed by atoms with Crippen LogP contribution in [0.5, 0.6) is 11.5 Å². The highest BCUT2D eigenvalue weighted by molar-refractivity contribution is 8.14. The zero-order valence-corrected chi connectivity index (χ0v) is 18.8. The number of para-hydroxylation sites is 1. The summed E-state index contributed by atoms with van der Waals surface area (Å²) in [7, 11) is 0. The number of thioether (sulfide) groups is 1. The molecule has 0 fully saturated rings. The number of pyridine rings is 1. The summed E-state index contributed by atoms with van der Waals surface area (Å²) in [6.45, 7) is 0.645. The van der Waals surface area contributed by atoms with Crippen molar-refractivity contribution in [2.24, 2.45) is 4.99 Å². The smallest absolute Gasteiger partial charge is 0.164 e. The third-order valence-corrected chi connectivity index (χ3v) is 6.76. The van der Waals surface area contributed by atoms with Gasteiger partial charge >= 0.3 is 0 Å². The molecule has 0 saturated heterocycles. The number of rotatable bonds is 4. The third-order valence-electron chi connectivity index (χ3n) is 5.39. The van der Waals surface area contributed by atoms with Crippen LogP contribution in [-0.4, -0.2) is 33.2 Å². The molecule has 3 aromatic rings. The van der Waals surface area contributed by atoms with Crippen molar-refractivity contribution in [1.29, 1.82) is 0 Å². The second kappa shape index (κ2) is 9.36. The first-order valence-corrected chi connectivity index (χ1v) is 11.8. The molecule has 2 aliphatic rings. The highest BCUT2D eigenvalue weighted by Gasteiger charge is 2.29. The van der Waals surface area contributed by atoms with Gasteiger partial charge in [-0.3, -0.25) is 9.98 Å². The predicted molar refractivity (Wildman–Crippen MR) is 132 cm³/mol. The van der Waals surface area contributed by atoms with Gasteiger partial charge in [-0.15, -0.1) is 0 Å². The maximum Gasteiger partial charge on any atom is 0.164 e. The number of aliphatic hydroxyl groups excluding tert-OH is 1. The summed E-state index contributed by atoms with van der Waals surface area (Å²) in [6, 6.07) is 17.6. The van der Waals surface area contributed by atoms with Crippen molar-refractivity contribution in [2.45, 2.75) is 25.1 Å². The summed E-state index contributed by atoms with van der Waals surface area (Å²) < 4.78 is 6.19. The Hall–Kier alpha value is -2.80. The number of benzene rings is 2. The Bertz CT molecular complexity index is 1170. The van der Waals surface area contributed by atoms with E-state index in [0.717, 1.165) is 39.2 Å². The van der Waals surface area contributed by atoms with E-state index in [2.05, 4.69) is 16.0 Å². The van der Waals surface area contributed by atoms with Gasteiger partial charge in [-0.2, -0.15) is 0 Å². The summed E-state index contributed by atoms with van der Waals surface area (Å²) in [5.41, 5.74) is 3.01. The zero-order chi connectivity index (χ0) is 21.9. The number of amidine groups is 1. The molecule has 0 spiro atoms. The van der Waals surface area contributed by atoms with E-state index in [9.17, 15) is 5.11 Å². The van der Waals surface area contributed by atoms with Crippen molar-refractivity contribution >= 4 is 40.3 Å². The second-order valence-electron chi connectivity index (χ2n) is 7.73. The average Bonchev–Trinajstić information content (AvgIpc) is 3.20. The molecule has 5 nitrogen and oxygen atoms in total. The van der Waals surface area contributed by atoms with Gasteiger partial charge < -0.3 is 14.7 Å². The Morgan fingerprint density at radius 3 is 2.88 bits per heavy atom. The molecular weight excluding hydrogens is 442 g/mol. The van der Waals surface area contributed by atoms with Gasteiger partial charge in [-0.25, -0.2) is 0 Å². The minimum Gasteiger partial charge on any atom is -0.455 e. The molecule has 0 saturated carbocycles. The predicted octanol–water partition coefficient (Wildman–Crippen LogP) is 5.78. The molecule has 2 aliphatic heterocycles. The van der Waals surface area contributed by atoms with Crippen molar-refractivity contribution in [3.8, 4) is 11.5 Å². The van der Waals surface area contributed by atoms with Gasteiger partial charge in [-0.05, 0) is 42.0 Å². The monoisotopic (exact) mass is 463 g/mol. The van der Waals surface area contributed by atoms with Gasteiger partial charge in [0, 0.05) is 35.2 Å². The number of halogens is 1. The number of aliphatic imine (C=N–C) groups is 1. The van der Waals surface area contributed by atoms with Gasteiger partial charge in [0.15, 0.2) is 10.9 Å². The summed E-state index contributed by atoms with van der Waals surface area (Å²) in [5, 5.41) is 12.1. The lowest BCUT2D eigenvalue weighted by molar-refractivity contribution is 0.207. The summed E-state index contributed by atoms with van der Waals surface area (Å²) in [5.74, 6) is 2.42. The highest BCUT2D eigenvalue weighted by Crippen LogP contribution is 2.42. The summed E-state index contributed by atoms with van der Waals surface area (Å²) >= 11 is 8.02. The summed E-state index contributed by atoms with van der Waals surface area (Å²) in [6.07, 6.45) is 7.22. The van der Waals surface area contributed by atoms with E-state index in [0.29, 0.717) is 18.0 Å². The van der Waals surface area contributed by atoms with E-state index in [1.807, 2.05) is 60.7 Å². The van der Waals surface area contributed by atoms with E-state index in [-0.39, 0.29) is 6.04 Å². The minimum absolute atomic E-state index is 0.0362. The van der Waals surface area contributed by atoms with Crippen molar-refractivity contribution in [1.82, 2.24) is 4.98 Å². The lowest BCUT2D eigenvalue weighted by atomic mass is 10.1.